The SMILES string of the molecule is COc1cc(CCNC(=O)CNC(=O)c2ccc(C)c(C)c2)ccc1OC(F)F. The third-order valence-corrected chi connectivity index (χ3v) is 4.36. The maximum Gasteiger partial charge on any atom is 0.387 e. The fourth-order valence-electron chi connectivity index (χ4n) is 2.61. The average molecular weight is 406 g/mol. The third-order valence-electron chi connectivity index (χ3n) is 4.36. The van der Waals surface area contributed by atoms with Crippen molar-refractivity contribution < 1.29 is 27.8 Å². The van der Waals surface area contributed by atoms with Crippen molar-refractivity contribution in [1.29, 1.82) is 0 Å². The van der Waals surface area contributed by atoms with Crippen molar-refractivity contribution in [3.63, 3.8) is 0 Å². The van der Waals surface area contributed by atoms with E-state index in [1.54, 1.807) is 24.3 Å². The molecule has 2 aromatic rings. The summed E-state index contributed by atoms with van der Waals surface area (Å²) < 4.78 is 34.1. The van der Waals surface area contributed by atoms with Gasteiger partial charge in [0.2, 0.25) is 5.91 Å². The maximum atomic E-state index is 12.3. The summed E-state index contributed by atoms with van der Waals surface area (Å²) in [5, 5.41) is 5.28. The van der Waals surface area contributed by atoms with E-state index in [0.29, 0.717) is 18.5 Å². The van der Waals surface area contributed by atoms with E-state index >= 15 is 0 Å². The molecule has 0 spiro atoms. The van der Waals surface area contributed by atoms with Crippen LogP contribution in [0.2, 0.25) is 0 Å². The second-order valence-electron chi connectivity index (χ2n) is 6.45. The van der Waals surface area contributed by atoms with Gasteiger partial charge in [0, 0.05) is 12.1 Å². The Labute approximate surface area is 168 Å². The van der Waals surface area contributed by atoms with Crippen molar-refractivity contribution in [2.75, 3.05) is 20.2 Å². The molecule has 0 aliphatic rings. The molecule has 0 radical (unpaired) electrons. The molecule has 2 aromatic carbocycles. The highest BCUT2D eigenvalue weighted by Gasteiger charge is 2.12. The zero-order chi connectivity index (χ0) is 21.4. The summed E-state index contributed by atoms with van der Waals surface area (Å²) in [4.78, 5) is 24.1. The van der Waals surface area contributed by atoms with Gasteiger partial charge in [-0.15, -0.1) is 0 Å². The van der Waals surface area contributed by atoms with Gasteiger partial charge in [-0.25, -0.2) is 0 Å². The molecule has 0 unspecified atom stereocenters. The Kier molecular flexibility index (Phi) is 7.94. The number of aryl methyl sites for hydroxylation is 2. The largest absolute Gasteiger partial charge is 0.493 e. The monoisotopic (exact) mass is 406 g/mol. The van der Waals surface area contributed by atoms with Crippen molar-refractivity contribution in [3.8, 4) is 11.5 Å². The van der Waals surface area contributed by atoms with Gasteiger partial charge >= 0.3 is 6.61 Å². The van der Waals surface area contributed by atoms with E-state index in [9.17, 15) is 18.4 Å². The van der Waals surface area contributed by atoms with Gasteiger partial charge in [-0.05, 0) is 61.2 Å². The summed E-state index contributed by atoms with van der Waals surface area (Å²) in [5.74, 6) is -0.506. The number of ether oxygens (including phenoxy) is 2. The number of methoxy groups -OCH3 is 1. The van der Waals surface area contributed by atoms with Crippen LogP contribution in [0, 0.1) is 13.8 Å². The number of halogens is 2. The molecule has 2 amide bonds. The minimum atomic E-state index is -2.94. The van der Waals surface area contributed by atoms with Gasteiger partial charge in [0.1, 0.15) is 0 Å². The number of carbonyl (C=O) groups is 2. The highest BCUT2D eigenvalue weighted by molar-refractivity contribution is 5.96. The Hall–Kier alpha value is -3.16. The molecule has 2 N–H and O–H groups in total. The molecule has 0 fully saturated rings. The van der Waals surface area contributed by atoms with E-state index in [-0.39, 0.29) is 29.9 Å². The van der Waals surface area contributed by atoms with Gasteiger partial charge in [0.25, 0.3) is 5.91 Å². The summed E-state index contributed by atoms with van der Waals surface area (Å²) in [6, 6.07) is 9.93. The van der Waals surface area contributed by atoms with Gasteiger partial charge in [-0.1, -0.05) is 12.1 Å². The lowest BCUT2D eigenvalue weighted by Crippen LogP contribution is -2.37. The number of nitrogens with one attached hydrogen (secondary N) is 2. The van der Waals surface area contributed by atoms with Crippen LogP contribution in [0.25, 0.3) is 0 Å². The number of benzene rings is 2. The van der Waals surface area contributed by atoms with E-state index in [1.807, 2.05) is 19.9 Å². The van der Waals surface area contributed by atoms with Crippen LogP contribution >= 0.6 is 0 Å². The lowest BCUT2D eigenvalue weighted by molar-refractivity contribution is -0.120. The normalized spacial score (nSPS) is 10.6. The fraction of sp³-hybridized carbons (Fsp3) is 0.333. The van der Waals surface area contributed by atoms with Gasteiger partial charge in [-0.2, -0.15) is 8.78 Å². The highest BCUT2D eigenvalue weighted by Crippen LogP contribution is 2.29. The lowest BCUT2D eigenvalue weighted by atomic mass is 10.1. The summed E-state index contributed by atoms with van der Waals surface area (Å²) >= 11 is 0. The number of rotatable bonds is 9. The lowest BCUT2D eigenvalue weighted by Gasteiger charge is -2.12. The minimum Gasteiger partial charge on any atom is -0.493 e. The van der Waals surface area contributed by atoms with Crippen molar-refractivity contribution in [1.82, 2.24) is 10.6 Å². The Bertz CT molecular complexity index is 872. The van der Waals surface area contributed by atoms with Gasteiger partial charge in [0.05, 0.1) is 13.7 Å². The van der Waals surface area contributed by atoms with E-state index in [0.717, 1.165) is 16.7 Å². The highest BCUT2D eigenvalue weighted by atomic mass is 19.3. The Morgan fingerprint density at radius 3 is 2.41 bits per heavy atom. The summed E-state index contributed by atoms with van der Waals surface area (Å²) in [6.45, 7) is 1.11. The zero-order valence-electron chi connectivity index (χ0n) is 16.6. The molecule has 156 valence electrons. The molecule has 0 saturated carbocycles. The number of alkyl halides is 2. The molecule has 0 aliphatic heterocycles. The minimum absolute atomic E-state index is 0.0515. The van der Waals surface area contributed by atoms with Crippen molar-refractivity contribution >= 4 is 11.8 Å². The topological polar surface area (TPSA) is 76.7 Å². The van der Waals surface area contributed by atoms with E-state index in [2.05, 4.69) is 15.4 Å². The molecule has 8 heteroatoms. The van der Waals surface area contributed by atoms with Gasteiger partial charge < -0.3 is 20.1 Å². The predicted molar refractivity (Wildman–Crippen MR) is 105 cm³/mol. The standard InChI is InChI=1S/C21H24F2N2O4/c1-13-4-6-16(10-14(13)2)20(27)25-12-19(26)24-9-8-15-5-7-17(29-21(22)23)18(11-15)28-3/h4-7,10-11,21H,8-9,12H2,1-3H3,(H,24,26)(H,25,27). The molecule has 29 heavy (non-hydrogen) atoms. The fourth-order valence-corrected chi connectivity index (χ4v) is 2.61. The summed E-state index contributed by atoms with van der Waals surface area (Å²) in [6.07, 6.45) is 0.460. The first-order chi connectivity index (χ1) is 13.8. The summed E-state index contributed by atoms with van der Waals surface area (Å²) in [7, 11) is 1.36. The average Bonchev–Trinajstić information content (AvgIpc) is 2.68. The maximum absolute atomic E-state index is 12.3. The molecule has 0 heterocycles. The molecule has 6 nitrogen and oxygen atoms in total. The molecule has 0 saturated heterocycles. The van der Waals surface area contributed by atoms with Crippen LogP contribution in [-0.2, 0) is 11.2 Å². The molecule has 0 bridgehead atoms. The van der Waals surface area contributed by atoms with Crippen molar-refractivity contribution in [2.24, 2.45) is 0 Å². The molecule has 0 aromatic heterocycles. The Balaban J connectivity index is 1.79. The van der Waals surface area contributed by atoms with E-state index < -0.39 is 6.61 Å². The summed E-state index contributed by atoms with van der Waals surface area (Å²) in [5.41, 5.74) is 3.37. The number of hydrogen-bond acceptors (Lipinski definition) is 4. The first-order valence-electron chi connectivity index (χ1n) is 9.04. The number of carbonyl (C=O) groups excluding carboxylic acids is 2. The van der Waals surface area contributed by atoms with Crippen molar-refractivity contribution in [3.05, 3.63) is 58.7 Å². The van der Waals surface area contributed by atoms with Crippen molar-refractivity contribution in [2.45, 2.75) is 26.9 Å². The van der Waals surface area contributed by atoms with Crippen LogP contribution in [0.3, 0.4) is 0 Å². The Morgan fingerprint density at radius 2 is 1.76 bits per heavy atom. The first-order valence-corrected chi connectivity index (χ1v) is 9.04. The molecular weight excluding hydrogens is 382 g/mol. The van der Waals surface area contributed by atoms with Crippen LogP contribution in [0.5, 0.6) is 11.5 Å². The third kappa shape index (κ3) is 6.74. The first kappa shape index (κ1) is 22.1. The van der Waals surface area contributed by atoms with Crippen LogP contribution < -0.4 is 20.1 Å². The number of hydrogen-bond donors (Lipinski definition) is 2. The quantitative estimate of drug-likeness (QED) is 0.671. The van der Waals surface area contributed by atoms with Crippen LogP contribution in [0.15, 0.2) is 36.4 Å². The second-order valence-corrected chi connectivity index (χ2v) is 6.45. The predicted octanol–water partition coefficient (Wildman–Crippen LogP) is 3.00. The molecule has 2 rings (SSSR count). The van der Waals surface area contributed by atoms with E-state index in [1.165, 1.54) is 13.2 Å². The smallest absolute Gasteiger partial charge is 0.387 e. The molecule has 0 aliphatic carbocycles. The Morgan fingerprint density at radius 1 is 1.00 bits per heavy atom. The second kappa shape index (κ2) is 10.4. The number of amides is 2. The van der Waals surface area contributed by atoms with Crippen LogP contribution in [-0.4, -0.2) is 38.6 Å². The zero-order valence-corrected chi connectivity index (χ0v) is 16.6. The van der Waals surface area contributed by atoms with E-state index in [4.69, 9.17) is 4.74 Å². The van der Waals surface area contributed by atoms with Crippen LogP contribution in [0.4, 0.5) is 8.78 Å². The molecule has 0 atom stereocenters. The van der Waals surface area contributed by atoms with Crippen LogP contribution in [0.1, 0.15) is 27.0 Å². The molecular formula is C21H24F2N2O4. The van der Waals surface area contributed by atoms with Gasteiger partial charge in [0.15, 0.2) is 11.5 Å². The van der Waals surface area contributed by atoms with Gasteiger partial charge in [-0.3, -0.25) is 9.59 Å².